The van der Waals surface area contributed by atoms with Gasteiger partial charge in [-0.15, -0.1) is 0 Å². The Morgan fingerprint density at radius 3 is 2.30 bits per heavy atom. The predicted octanol–water partition coefficient (Wildman–Crippen LogP) is 6.23. The van der Waals surface area contributed by atoms with Crippen LogP contribution in [0.5, 0.6) is 0 Å². The van der Waals surface area contributed by atoms with Gasteiger partial charge in [0.05, 0.1) is 27.5 Å². The van der Waals surface area contributed by atoms with Crippen LogP contribution in [0.1, 0.15) is 42.4 Å². The van der Waals surface area contributed by atoms with E-state index in [0.29, 0.717) is 28.5 Å². The van der Waals surface area contributed by atoms with Crippen molar-refractivity contribution in [2.24, 2.45) is 0 Å². The van der Waals surface area contributed by atoms with Crippen molar-refractivity contribution in [2.45, 2.75) is 32.4 Å². The van der Waals surface area contributed by atoms with Crippen molar-refractivity contribution >= 4 is 23.3 Å². The highest BCUT2D eigenvalue weighted by Crippen LogP contribution is 2.31. The van der Waals surface area contributed by atoms with Gasteiger partial charge in [0.15, 0.2) is 0 Å². The van der Waals surface area contributed by atoms with E-state index in [4.69, 9.17) is 11.6 Å². The molecule has 1 aromatic heterocycles. The van der Waals surface area contributed by atoms with Gasteiger partial charge in [-0.2, -0.15) is 18.3 Å². The number of nitrogens with zero attached hydrogens (tertiary/aromatic N) is 2. The van der Waals surface area contributed by atoms with Crippen molar-refractivity contribution in [1.82, 2.24) is 9.78 Å². The average molecular weight is 440 g/mol. The van der Waals surface area contributed by atoms with E-state index in [-0.39, 0.29) is 11.2 Å². The zero-order chi connectivity index (χ0) is 22.3. The molecule has 4 nitrogen and oxygen atoms in total. The van der Waals surface area contributed by atoms with Crippen molar-refractivity contribution in [3.8, 4) is 5.69 Å². The highest BCUT2D eigenvalue weighted by atomic mass is 35.5. The number of carbonyl (C=O) groups excluding carboxylic acids is 1. The van der Waals surface area contributed by atoms with Crippen molar-refractivity contribution in [2.75, 3.05) is 5.32 Å². The van der Waals surface area contributed by atoms with Crippen LogP contribution in [0.4, 0.5) is 23.4 Å². The fourth-order valence-electron chi connectivity index (χ4n) is 2.70. The number of para-hydroxylation sites is 1. The number of nitrogens with one attached hydrogen (secondary N) is 1. The number of alkyl halides is 3. The fraction of sp³-hybridized carbons (Fsp3) is 0.238. The summed E-state index contributed by atoms with van der Waals surface area (Å²) in [5.74, 6) is -1.98. The smallest absolute Gasteiger partial charge is 0.306 e. The largest absolute Gasteiger partial charge is 0.416 e. The molecule has 0 bridgehead atoms. The van der Waals surface area contributed by atoms with E-state index in [0.717, 1.165) is 6.07 Å². The molecule has 3 aromatic rings. The first-order chi connectivity index (χ1) is 13.9. The van der Waals surface area contributed by atoms with Crippen molar-refractivity contribution in [1.29, 1.82) is 0 Å². The van der Waals surface area contributed by atoms with Crippen LogP contribution in [-0.2, 0) is 11.6 Å². The number of hydrogen-bond acceptors (Lipinski definition) is 2. The molecule has 0 fully saturated rings. The van der Waals surface area contributed by atoms with Crippen molar-refractivity contribution < 1.29 is 22.4 Å². The molecule has 0 unspecified atom stereocenters. The second-order valence-corrected chi connectivity index (χ2v) is 8.08. The summed E-state index contributed by atoms with van der Waals surface area (Å²) in [5, 5.41) is 7.40. The van der Waals surface area contributed by atoms with Crippen LogP contribution in [0.15, 0.2) is 48.5 Å². The van der Waals surface area contributed by atoms with Crippen LogP contribution < -0.4 is 5.32 Å². The van der Waals surface area contributed by atoms with E-state index in [2.05, 4.69) is 10.4 Å². The van der Waals surface area contributed by atoms with Crippen LogP contribution in [0.2, 0.25) is 5.02 Å². The second-order valence-electron chi connectivity index (χ2n) is 7.67. The van der Waals surface area contributed by atoms with Crippen LogP contribution in [0, 0.1) is 5.82 Å². The number of hydrogen-bond donors (Lipinski definition) is 1. The van der Waals surface area contributed by atoms with Gasteiger partial charge < -0.3 is 5.32 Å². The Hall–Kier alpha value is -2.87. The molecule has 3 rings (SSSR count). The molecular weight excluding hydrogens is 422 g/mol. The molecule has 1 heterocycles. The van der Waals surface area contributed by atoms with Crippen LogP contribution in [0.25, 0.3) is 5.69 Å². The normalized spacial score (nSPS) is 12.1. The van der Waals surface area contributed by atoms with E-state index in [9.17, 15) is 22.4 Å². The lowest BCUT2D eigenvalue weighted by Gasteiger charge is -2.14. The van der Waals surface area contributed by atoms with E-state index in [1.807, 2.05) is 20.8 Å². The van der Waals surface area contributed by atoms with Gasteiger partial charge in [0.2, 0.25) is 0 Å². The van der Waals surface area contributed by atoms with Crippen LogP contribution >= 0.6 is 11.6 Å². The molecule has 0 atom stereocenters. The highest BCUT2D eigenvalue weighted by Gasteiger charge is 2.32. The Bertz CT molecular complexity index is 1100. The van der Waals surface area contributed by atoms with Crippen molar-refractivity contribution in [3.63, 3.8) is 0 Å². The number of anilines is 1. The molecule has 0 saturated heterocycles. The van der Waals surface area contributed by atoms with Gasteiger partial charge in [-0.05, 0) is 30.3 Å². The Kier molecular flexibility index (Phi) is 5.64. The number of rotatable bonds is 3. The molecule has 0 aliphatic heterocycles. The van der Waals surface area contributed by atoms with Gasteiger partial charge in [0, 0.05) is 11.5 Å². The quantitative estimate of drug-likeness (QED) is 0.491. The first-order valence-electron chi connectivity index (χ1n) is 8.91. The topological polar surface area (TPSA) is 46.9 Å². The molecule has 1 N–H and O–H groups in total. The zero-order valence-corrected chi connectivity index (χ0v) is 17.1. The number of aromatic nitrogens is 2. The molecule has 1 amide bonds. The first kappa shape index (κ1) is 21.8. The number of amides is 1. The standard InChI is InChI=1S/C21H18ClF4N3O/c1-20(2,3)17-11-18(29(28-17)16-7-5-4-6-14(16)22)27-19(30)13-9-8-12(10-15(13)23)21(24,25)26/h4-11H,1-3H3,(H,27,30). The fourth-order valence-corrected chi connectivity index (χ4v) is 2.92. The zero-order valence-electron chi connectivity index (χ0n) is 16.3. The lowest BCUT2D eigenvalue weighted by molar-refractivity contribution is -0.137. The van der Waals surface area contributed by atoms with Gasteiger partial charge in [-0.25, -0.2) is 9.07 Å². The maximum absolute atomic E-state index is 14.2. The van der Waals surface area contributed by atoms with Crippen LogP contribution in [-0.4, -0.2) is 15.7 Å². The Morgan fingerprint density at radius 2 is 1.73 bits per heavy atom. The maximum atomic E-state index is 14.2. The summed E-state index contributed by atoms with van der Waals surface area (Å²) in [5.41, 5.74) is -0.950. The minimum absolute atomic E-state index is 0.206. The van der Waals surface area contributed by atoms with Crippen molar-refractivity contribution in [3.05, 3.63) is 76.2 Å². The summed E-state index contributed by atoms with van der Waals surface area (Å²) in [6, 6.07) is 10.2. The highest BCUT2D eigenvalue weighted by molar-refractivity contribution is 6.32. The molecule has 30 heavy (non-hydrogen) atoms. The van der Waals surface area contributed by atoms with E-state index in [1.165, 1.54) is 4.68 Å². The lowest BCUT2D eigenvalue weighted by Crippen LogP contribution is -2.17. The molecule has 9 heteroatoms. The lowest BCUT2D eigenvalue weighted by atomic mass is 9.92. The molecule has 2 aromatic carbocycles. The molecule has 0 aliphatic rings. The molecule has 158 valence electrons. The predicted molar refractivity (Wildman–Crippen MR) is 107 cm³/mol. The molecule has 0 saturated carbocycles. The molecule has 0 spiro atoms. The second kappa shape index (κ2) is 7.75. The number of benzene rings is 2. The SMILES string of the molecule is CC(C)(C)c1cc(NC(=O)c2ccc(C(F)(F)F)cc2F)n(-c2ccccc2Cl)n1. The molecular formula is C21H18ClF4N3O. The minimum Gasteiger partial charge on any atom is -0.306 e. The molecule has 0 radical (unpaired) electrons. The first-order valence-corrected chi connectivity index (χ1v) is 9.29. The van der Waals surface area contributed by atoms with Gasteiger partial charge in [-0.1, -0.05) is 44.5 Å². The van der Waals surface area contributed by atoms with Gasteiger partial charge in [0.25, 0.3) is 5.91 Å². The van der Waals surface area contributed by atoms with E-state index >= 15 is 0 Å². The minimum atomic E-state index is -4.71. The monoisotopic (exact) mass is 439 g/mol. The third-order valence-electron chi connectivity index (χ3n) is 4.34. The number of carbonyl (C=O) groups is 1. The van der Waals surface area contributed by atoms with Gasteiger partial charge >= 0.3 is 6.18 Å². The van der Waals surface area contributed by atoms with Gasteiger partial charge in [0.1, 0.15) is 11.6 Å². The Morgan fingerprint density at radius 1 is 1.07 bits per heavy atom. The van der Waals surface area contributed by atoms with E-state index in [1.54, 1.807) is 30.3 Å². The Labute approximate surface area is 175 Å². The summed E-state index contributed by atoms with van der Waals surface area (Å²) in [6.07, 6.45) is -4.71. The number of halogens is 5. The summed E-state index contributed by atoms with van der Waals surface area (Å²) < 4.78 is 53.9. The van der Waals surface area contributed by atoms with Gasteiger partial charge in [-0.3, -0.25) is 4.79 Å². The maximum Gasteiger partial charge on any atom is 0.416 e. The third kappa shape index (κ3) is 4.48. The Balaban J connectivity index is 2.01. The third-order valence-corrected chi connectivity index (χ3v) is 4.66. The van der Waals surface area contributed by atoms with E-state index < -0.39 is 29.0 Å². The van der Waals surface area contributed by atoms with Crippen LogP contribution in [0.3, 0.4) is 0 Å². The summed E-state index contributed by atoms with van der Waals surface area (Å²) in [4.78, 5) is 12.6. The molecule has 0 aliphatic carbocycles. The summed E-state index contributed by atoms with van der Waals surface area (Å²) in [7, 11) is 0. The average Bonchev–Trinajstić information content (AvgIpc) is 3.05. The summed E-state index contributed by atoms with van der Waals surface area (Å²) in [6.45, 7) is 5.77. The summed E-state index contributed by atoms with van der Waals surface area (Å²) >= 11 is 6.25.